The second-order valence-corrected chi connectivity index (χ2v) is 11.7. The van der Waals surface area contributed by atoms with Gasteiger partial charge in [0.25, 0.3) is 6.47 Å². The van der Waals surface area contributed by atoms with Gasteiger partial charge in [0.1, 0.15) is 4.32 Å². The molecule has 0 aromatic heterocycles. The number of benzene rings is 2. The molecule has 218 valence electrons. The average molecular weight is 635 g/mol. The lowest BCUT2D eigenvalue weighted by Gasteiger charge is -2.41. The smallest absolute Gasteiger partial charge is 0.375 e. The van der Waals surface area contributed by atoms with Gasteiger partial charge in [0.05, 0.1) is 16.7 Å². The van der Waals surface area contributed by atoms with Crippen LogP contribution >= 0.6 is 15.9 Å². The Bertz CT molecular complexity index is 1380. The van der Waals surface area contributed by atoms with Gasteiger partial charge in [0.2, 0.25) is 11.8 Å². The van der Waals surface area contributed by atoms with Crippen LogP contribution in [0.25, 0.3) is 11.1 Å². The van der Waals surface area contributed by atoms with Gasteiger partial charge in [0, 0.05) is 13.1 Å². The van der Waals surface area contributed by atoms with Crippen molar-refractivity contribution in [2.45, 2.75) is 37.9 Å². The fourth-order valence-electron chi connectivity index (χ4n) is 6.62. The Hall–Kier alpha value is -3.31. The minimum atomic E-state index is -4.82. The van der Waals surface area contributed by atoms with Crippen molar-refractivity contribution in [3.05, 3.63) is 71.8 Å². The zero-order valence-electron chi connectivity index (χ0n) is 22.8. The molecular weight excluding hydrogens is 605 g/mol. The van der Waals surface area contributed by atoms with Gasteiger partial charge >= 0.3 is 6.36 Å². The molecule has 2 aromatic rings. The molecule has 2 fully saturated rings. The van der Waals surface area contributed by atoms with Crippen LogP contribution in [0.15, 0.2) is 60.7 Å². The lowest BCUT2D eigenvalue weighted by molar-refractivity contribution is -0.298. The maximum Gasteiger partial charge on any atom is 0.575 e. The van der Waals surface area contributed by atoms with Crippen molar-refractivity contribution in [3.8, 4) is 0 Å². The number of likely N-dealkylation sites (tertiary alicyclic amines) is 1. The summed E-state index contributed by atoms with van der Waals surface area (Å²) in [5, 5.41) is 3.28. The molecule has 1 saturated carbocycles. The summed E-state index contributed by atoms with van der Waals surface area (Å²) in [5.41, 5.74) is 1.21. The first-order valence-electron chi connectivity index (χ1n) is 13.2. The fourth-order valence-corrected chi connectivity index (χ4v) is 7.86. The number of rotatable bonds is 8. The van der Waals surface area contributed by atoms with Gasteiger partial charge in [0.15, 0.2) is 5.78 Å². The number of halogens is 4. The third kappa shape index (κ3) is 4.63. The highest BCUT2D eigenvalue weighted by Gasteiger charge is 2.85. The van der Waals surface area contributed by atoms with E-state index >= 15 is 0 Å². The van der Waals surface area contributed by atoms with E-state index in [9.17, 15) is 27.6 Å². The van der Waals surface area contributed by atoms with Gasteiger partial charge in [-0.25, -0.2) is 0 Å². The lowest BCUT2D eigenvalue weighted by atomic mass is 9.63. The van der Waals surface area contributed by atoms with Gasteiger partial charge in [-0.1, -0.05) is 83.5 Å². The number of nitrogens with zero attached hydrogens (tertiary/aromatic N) is 1. The average Bonchev–Trinajstić information content (AvgIpc) is 3.31. The third-order valence-corrected chi connectivity index (χ3v) is 9.80. The molecule has 1 heterocycles. The van der Waals surface area contributed by atoms with Crippen LogP contribution < -0.4 is 5.32 Å². The predicted molar refractivity (Wildman–Crippen MR) is 149 cm³/mol. The number of allylic oxidation sites excluding steroid dienone is 2. The van der Waals surface area contributed by atoms with Crippen molar-refractivity contribution in [2.24, 2.45) is 16.7 Å². The second kappa shape index (κ2) is 11.2. The van der Waals surface area contributed by atoms with Crippen LogP contribution in [0, 0.1) is 16.7 Å². The molecule has 11 heteroatoms. The first-order valence-corrected chi connectivity index (χ1v) is 14.0. The molecule has 41 heavy (non-hydrogen) atoms. The quantitative estimate of drug-likeness (QED) is 0.190. The number of ketones is 1. The van der Waals surface area contributed by atoms with Crippen LogP contribution in [-0.4, -0.2) is 59.3 Å². The Kier molecular flexibility index (Phi) is 8.35. The number of alkyl halides is 4. The predicted octanol–water partition coefficient (Wildman–Crippen LogP) is 5.00. The number of imide groups is 1. The summed E-state index contributed by atoms with van der Waals surface area (Å²) in [6, 6.07) is 19.6. The van der Waals surface area contributed by atoms with Crippen molar-refractivity contribution in [3.63, 3.8) is 0 Å². The highest BCUT2D eigenvalue weighted by Crippen LogP contribution is 2.77. The highest BCUT2D eigenvalue weighted by molar-refractivity contribution is 9.10. The summed E-state index contributed by atoms with van der Waals surface area (Å²) in [6.07, 6.45) is -3.84. The Labute approximate surface area is 244 Å². The second-order valence-electron chi connectivity index (χ2n) is 10.5. The molecule has 5 rings (SSSR count). The molecule has 2 aromatic carbocycles. The van der Waals surface area contributed by atoms with E-state index in [4.69, 9.17) is 4.79 Å². The molecular formula is C30H30BrF3N2O5. The van der Waals surface area contributed by atoms with E-state index in [0.717, 1.165) is 35.2 Å². The zero-order valence-corrected chi connectivity index (χ0v) is 24.3. The number of hydrogen-bond acceptors (Lipinski definition) is 6. The Morgan fingerprint density at radius 3 is 1.95 bits per heavy atom. The molecule has 0 spiro atoms. The number of amides is 2. The largest absolute Gasteiger partial charge is 0.575 e. The molecule has 1 aliphatic heterocycles. The number of hydrogen-bond donors (Lipinski definition) is 1. The summed E-state index contributed by atoms with van der Waals surface area (Å²) in [5.74, 6) is -1.43. The molecule has 0 radical (unpaired) electrons. The minimum Gasteiger partial charge on any atom is -0.375 e. The third-order valence-electron chi connectivity index (χ3n) is 8.21. The van der Waals surface area contributed by atoms with E-state index in [-0.39, 0.29) is 17.6 Å². The molecule has 1 N–H and O–H groups in total. The van der Waals surface area contributed by atoms with E-state index in [1.807, 2.05) is 74.5 Å². The molecule has 4 atom stereocenters. The zero-order chi connectivity index (χ0) is 30.2. The number of fused-ring (bicyclic) bond motifs is 5. The number of Topliss-reactive ketones (excluding diaryl/α,β-unsaturated/α-hetero) is 1. The highest BCUT2D eigenvalue weighted by atomic mass is 79.9. The van der Waals surface area contributed by atoms with Crippen LogP contribution in [-0.2, 0) is 23.9 Å². The van der Waals surface area contributed by atoms with Crippen molar-refractivity contribution in [2.75, 3.05) is 19.6 Å². The number of carbonyl (C=O) groups excluding carboxylic acids is 4. The van der Waals surface area contributed by atoms with Crippen molar-refractivity contribution in [1.29, 1.82) is 0 Å². The first-order chi connectivity index (χ1) is 19.3. The van der Waals surface area contributed by atoms with E-state index in [1.54, 1.807) is 0 Å². The molecule has 3 aliphatic rings. The van der Waals surface area contributed by atoms with Crippen LogP contribution in [0.3, 0.4) is 0 Å². The molecule has 2 bridgehead atoms. The van der Waals surface area contributed by atoms with Crippen LogP contribution in [0.4, 0.5) is 13.2 Å². The number of nitrogens with one attached hydrogen (secondary N) is 1. The molecule has 4 unspecified atom stereocenters. The standard InChI is InChI=1S/C28H29BrN2O3.C2HF3O2/c1-4-15-30-16-17-31-23(32)22-26(2)20(18-11-7-5-8-12-18)21(19-13-9-6-10-14-19)27(3,24(26)33)28(22,29)25(31)34;3-2(4,5)7-1-6/h5-14,22,30H,4,15-17H2,1-3H3;1H. The summed E-state index contributed by atoms with van der Waals surface area (Å²) < 4.78 is 33.0. The SMILES string of the molecule is CCCNCCN1C(=O)C2C3(C)C(=O)C(C)(C(c4ccccc4)=C3c3ccccc3)C2(Br)C1=O.O=COC(F)(F)F. The van der Waals surface area contributed by atoms with Crippen molar-refractivity contribution in [1.82, 2.24) is 10.2 Å². The van der Waals surface area contributed by atoms with Crippen molar-refractivity contribution >= 4 is 51.1 Å². The number of carbonyl (C=O) groups is 4. The molecule has 7 nitrogen and oxygen atoms in total. The minimum absolute atomic E-state index is 0.0648. The maximum absolute atomic E-state index is 14.3. The van der Waals surface area contributed by atoms with Crippen LogP contribution in [0.2, 0.25) is 0 Å². The van der Waals surface area contributed by atoms with Gasteiger partial charge in [-0.2, -0.15) is 0 Å². The summed E-state index contributed by atoms with van der Waals surface area (Å²) >= 11 is 3.78. The molecule has 2 aliphatic carbocycles. The van der Waals surface area contributed by atoms with Gasteiger partial charge in [-0.15, -0.1) is 13.2 Å². The van der Waals surface area contributed by atoms with Gasteiger partial charge < -0.3 is 10.1 Å². The number of ether oxygens (including phenoxy) is 1. The lowest BCUT2D eigenvalue weighted by Crippen LogP contribution is -2.51. The summed E-state index contributed by atoms with van der Waals surface area (Å²) in [6.45, 7) is 6.78. The van der Waals surface area contributed by atoms with Crippen molar-refractivity contribution < 1.29 is 37.1 Å². The summed E-state index contributed by atoms with van der Waals surface area (Å²) in [7, 11) is 0. The van der Waals surface area contributed by atoms with Crippen LogP contribution in [0.1, 0.15) is 38.3 Å². The Morgan fingerprint density at radius 2 is 1.49 bits per heavy atom. The van der Waals surface area contributed by atoms with E-state index in [1.165, 1.54) is 4.90 Å². The van der Waals surface area contributed by atoms with Crippen LogP contribution in [0.5, 0.6) is 0 Å². The normalized spacial score (nSPS) is 28.5. The van der Waals surface area contributed by atoms with E-state index < -0.39 is 33.9 Å². The Balaban J connectivity index is 0.000000493. The van der Waals surface area contributed by atoms with Gasteiger partial charge in [-0.05, 0) is 49.1 Å². The maximum atomic E-state index is 14.3. The Morgan fingerprint density at radius 1 is 0.951 bits per heavy atom. The van der Waals surface area contributed by atoms with E-state index in [2.05, 4.69) is 32.9 Å². The molecule has 1 saturated heterocycles. The monoisotopic (exact) mass is 634 g/mol. The van der Waals surface area contributed by atoms with E-state index in [0.29, 0.717) is 13.1 Å². The topological polar surface area (TPSA) is 92.8 Å². The van der Waals surface area contributed by atoms with Gasteiger partial charge in [-0.3, -0.25) is 24.1 Å². The molecule has 2 amide bonds. The fraction of sp³-hybridized carbons (Fsp3) is 0.400. The summed E-state index contributed by atoms with van der Waals surface area (Å²) in [4.78, 5) is 52.3. The first kappa shape index (κ1) is 30.6.